The second-order valence-electron chi connectivity index (χ2n) is 8.66. The number of nitrogens with zero attached hydrogens (tertiary/aromatic N) is 3. The number of benzene rings is 1. The Hall–Kier alpha value is -2.12. The van der Waals surface area contributed by atoms with E-state index in [0.29, 0.717) is 25.6 Å². The topological polar surface area (TPSA) is 69.2 Å². The van der Waals surface area contributed by atoms with Gasteiger partial charge in [0.2, 0.25) is 5.91 Å². The van der Waals surface area contributed by atoms with Crippen LogP contribution < -0.4 is 10.6 Å². The molecule has 2 aliphatic rings. The van der Waals surface area contributed by atoms with E-state index in [1.165, 1.54) is 31.2 Å². The van der Waals surface area contributed by atoms with Crippen molar-refractivity contribution in [2.45, 2.75) is 31.6 Å². The molecule has 7 nitrogen and oxygen atoms in total. The summed E-state index contributed by atoms with van der Waals surface area (Å²) in [7, 11) is 3.51. The maximum atomic E-state index is 12.0. The number of amides is 1. The van der Waals surface area contributed by atoms with Crippen LogP contribution in [0, 0.1) is 5.92 Å². The van der Waals surface area contributed by atoms with Crippen LogP contribution in [0.5, 0.6) is 0 Å². The number of piperazine rings is 1. The van der Waals surface area contributed by atoms with Crippen LogP contribution in [0.3, 0.4) is 0 Å². The van der Waals surface area contributed by atoms with E-state index in [1.54, 1.807) is 7.11 Å². The van der Waals surface area contributed by atoms with Gasteiger partial charge in [-0.05, 0) is 43.1 Å². The lowest BCUT2D eigenvalue weighted by molar-refractivity contribution is -0.122. The molecule has 7 heteroatoms. The van der Waals surface area contributed by atoms with E-state index in [0.717, 1.165) is 44.6 Å². The van der Waals surface area contributed by atoms with Gasteiger partial charge in [-0.25, -0.2) is 0 Å². The molecule has 0 atom stereocenters. The zero-order valence-corrected chi connectivity index (χ0v) is 19.2. The van der Waals surface area contributed by atoms with Crippen molar-refractivity contribution in [1.82, 2.24) is 20.4 Å². The molecule has 31 heavy (non-hydrogen) atoms. The van der Waals surface area contributed by atoms with Crippen LogP contribution in [0.2, 0.25) is 0 Å². The molecular formula is C24H39N5O2. The molecule has 1 aromatic carbocycles. The number of aliphatic imine (C=N–C) groups is 1. The molecule has 1 saturated carbocycles. The van der Waals surface area contributed by atoms with E-state index >= 15 is 0 Å². The number of guanidine groups is 1. The Labute approximate surface area is 187 Å². The Morgan fingerprint density at radius 2 is 1.77 bits per heavy atom. The summed E-state index contributed by atoms with van der Waals surface area (Å²) < 4.78 is 4.97. The number of carbonyl (C=O) groups excluding carboxylic acids is 1. The second-order valence-corrected chi connectivity index (χ2v) is 8.66. The van der Waals surface area contributed by atoms with Gasteiger partial charge in [-0.2, -0.15) is 0 Å². The summed E-state index contributed by atoms with van der Waals surface area (Å²) in [6.45, 7) is 6.11. The van der Waals surface area contributed by atoms with Crippen LogP contribution in [0.15, 0.2) is 35.3 Å². The molecule has 1 aliphatic heterocycles. The molecule has 0 unspecified atom stereocenters. The Balaban J connectivity index is 1.34. The van der Waals surface area contributed by atoms with Crippen LogP contribution >= 0.6 is 0 Å². The fraction of sp³-hybridized carbons (Fsp3) is 0.667. The van der Waals surface area contributed by atoms with Crippen molar-refractivity contribution in [1.29, 1.82) is 0 Å². The number of nitrogens with one attached hydrogen (secondary N) is 2. The minimum absolute atomic E-state index is 0.0686. The highest BCUT2D eigenvalue weighted by molar-refractivity contribution is 5.80. The van der Waals surface area contributed by atoms with Crippen LogP contribution in [0.1, 0.15) is 37.2 Å². The fourth-order valence-corrected chi connectivity index (χ4v) is 4.66. The number of rotatable bonds is 8. The highest BCUT2D eigenvalue weighted by Crippen LogP contribution is 2.35. The Morgan fingerprint density at radius 1 is 1.06 bits per heavy atom. The Morgan fingerprint density at radius 3 is 2.42 bits per heavy atom. The normalized spacial score (nSPS) is 22.9. The molecule has 1 saturated heterocycles. The lowest BCUT2D eigenvalue weighted by atomic mass is 9.79. The number of hydrogen-bond acceptors (Lipinski definition) is 4. The van der Waals surface area contributed by atoms with Crippen LogP contribution in [-0.2, 0) is 9.53 Å². The van der Waals surface area contributed by atoms with Crippen molar-refractivity contribution in [2.24, 2.45) is 10.9 Å². The van der Waals surface area contributed by atoms with Gasteiger partial charge in [-0.3, -0.25) is 14.7 Å². The van der Waals surface area contributed by atoms with Gasteiger partial charge in [0.25, 0.3) is 0 Å². The summed E-state index contributed by atoms with van der Waals surface area (Å²) in [4.78, 5) is 21.0. The lowest BCUT2D eigenvalue weighted by Gasteiger charge is -2.37. The van der Waals surface area contributed by atoms with E-state index < -0.39 is 0 Å². The minimum atomic E-state index is 0.0686. The molecule has 1 amide bonds. The van der Waals surface area contributed by atoms with E-state index in [4.69, 9.17) is 4.74 Å². The van der Waals surface area contributed by atoms with Crippen molar-refractivity contribution < 1.29 is 9.53 Å². The van der Waals surface area contributed by atoms with E-state index in [-0.39, 0.29) is 5.91 Å². The molecule has 172 valence electrons. The largest absolute Gasteiger partial charge is 0.383 e. The standard InChI is InChI=1S/C24H39N5O2/c1-25-24(29-15-13-28(14-16-29)19-23(30)26-12-17-31-2)27-18-20-8-10-22(11-9-20)21-6-4-3-5-7-21/h3-7,20,22H,8-19H2,1-2H3,(H,25,27)(H,26,30). The molecule has 0 radical (unpaired) electrons. The summed E-state index contributed by atoms with van der Waals surface area (Å²) in [6.07, 6.45) is 5.10. The molecule has 1 heterocycles. The Bertz CT molecular complexity index is 680. The van der Waals surface area contributed by atoms with E-state index in [2.05, 4.69) is 55.8 Å². The van der Waals surface area contributed by atoms with Gasteiger partial charge in [-0.1, -0.05) is 30.3 Å². The molecular weight excluding hydrogens is 390 g/mol. The average Bonchev–Trinajstić information content (AvgIpc) is 2.81. The molecule has 0 spiro atoms. The van der Waals surface area contributed by atoms with Crippen molar-refractivity contribution in [3.05, 3.63) is 35.9 Å². The number of carbonyl (C=O) groups is 1. The number of hydrogen-bond donors (Lipinski definition) is 2. The van der Waals surface area contributed by atoms with Gasteiger partial charge in [0, 0.05) is 53.4 Å². The molecule has 0 bridgehead atoms. The predicted octanol–water partition coefficient (Wildman–Crippen LogP) is 1.92. The van der Waals surface area contributed by atoms with Crippen molar-refractivity contribution in [3.8, 4) is 0 Å². The molecule has 1 aromatic rings. The first-order chi connectivity index (χ1) is 15.2. The smallest absolute Gasteiger partial charge is 0.234 e. The number of ether oxygens (including phenoxy) is 1. The highest BCUT2D eigenvalue weighted by atomic mass is 16.5. The average molecular weight is 430 g/mol. The zero-order valence-electron chi connectivity index (χ0n) is 19.2. The van der Waals surface area contributed by atoms with E-state index in [1.807, 2.05) is 7.05 Å². The number of methoxy groups -OCH3 is 1. The third-order valence-corrected chi connectivity index (χ3v) is 6.55. The van der Waals surface area contributed by atoms with Crippen LogP contribution in [0.25, 0.3) is 0 Å². The summed E-state index contributed by atoms with van der Waals surface area (Å²) >= 11 is 0. The summed E-state index contributed by atoms with van der Waals surface area (Å²) in [5.41, 5.74) is 1.50. The van der Waals surface area contributed by atoms with Gasteiger partial charge >= 0.3 is 0 Å². The monoisotopic (exact) mass is 429 g/mol. The predicted molar refractivity (Wildman–Crippen MR) is 125 cm³/mol. The first kappa shape index (κ1) is 23.5. The van der Waals surface area contributed by atoms with Crippen LogP contribution in [0.4, 0.5) is 0 Å². The van der Waals surface area contributed by atoms with Crippen molar-refractivity contribution in [3.63, 3.8) is 0 Å². The highest BCUT2D eigenvalue weighted by Gasteiger charge is 2.24. The van der Waals surface area contributed by atoms with Crippen LogP contribution in [-0.4, -0.2) is 88.2 Å². The molecule has 2 fully saturated rings. The van der Waals surface area contributed by atoms with Gasteiger partial charge in [0.15, 0.2) is 5.96 Å². The SMILES string of the molecule is CN=C(NCC1CCC(c2ccccc2)CC1)N1CCN(CC(=O)NCCOC)CC1. The van der Waals surface area contributed by atoms with Crippen molar-refractivity contribution in [2.75, 3.05) is 66.6 Å². The summed E-state index contributed by atoms with van der Waals surface area (Å²) in [5, 5.41) is 6.51. The molecule has 2 N–H and O–H groups in total. The second kappa shape index (κ2) is 12.7. The zero-order chi connectivity index (χ0) is 21.9. The minimum Gasteiger partial charge on any atom is -0.383 e. The molecule has 1 aliphatic carbocycles. The molecule has 0 aromatic heterocycles. The fourth-order valence-electron chi connectivity index (χ4n) is 4.66. The molecule has 3 rings (SSSR count). The summed E-state index contributed by atoms with van der Waals surface area (Å²) in [6, 6.07) is 10.9. The quantitative estimate of drug-likeness (QED) is 0.375. The maximum absolute atomic E-state index is 12.0. The van der Waals surface area contributed by atoms with Gasteiger partial charge < -0.3 is 20.3 Å². The van der Waals surface area contributed by atoms with Gasteiger partial charge in [0.1, 0.15) is 0 Å². The maximum Gasteiger partial charge on any atom is 0.234 e. The Kier molecular flexibility index (Phi) is 9.62. The van der Waals surface area contributed by atoms with E-state index in [9.17, 15) is 4.79 Å². The first-order valence-corrected chi connectivity index (χ1v) is 11.7. The van der Waals surface area contributed by atoms with Crippen molar-refractivity contribution >= 4 is 11.9 Å². The summed E-state index contributed by atoms with van der Waals surface area (Å²) in [5.74, 6) is 2.50. The lowest BCUT2D eigenvalue weighted by Crippen LogP contribution is -2.54. The van der Waals surface area contributed by atoms with Gasteiger partial charge in [-0.15, -0.1) is 0 Å². The third-order valence-electron chi connectivity index (χ3n) is 6.55. The first-order valence-electron chi connectivity index (χ1n) is 11.7. The third kappa shape index (κ3) is 7.51. The van der Waals surface area contributed by atoms with Gasteiger partial charge in [0.05, 0.1) is 13.2 Å².